The number of carbonyl (C=O) groups excluding carboxylic acids is 1. The van der Waals surface area contributed by atoms with E-state index in [1.807, 2.05) is 12.1 Å². The van der Waals surface area contributed by atoms with Crippen molar-refractivity contribution in [2.24, 2.45) is 0 Å². The first kappa shape index (κ1) is 21.3. The lowest BCUT2D eigenvalue weighted by Crippen LogP contribution is -2.22. The Hall–Kier alpha value is -3.43. The van der Waals surface area contributed by atoms with Crippen LogP contribution >= 0.6 is 0 Å². The zero-order chi connectivity index (χ0) is 21.7. The lowest BCUT2D eigenvalue weighted by molar-refractivity contribution is 0.102. The molecule has 0 bridgehead atoms. The monoisotopic (exact) mass is 427 g/mol. The van der Waals surface area contributed by atoms with Crippen LogP contribution in [0.2, 0.25) is 0 Å². The summed E-state index contributed by atoms with van der Waals surface area (Å²) in [7, 11) is 0.904. The van der Waals surface area contributed by atoms with Gasteiger partial charge in [-0.1, -0.05) is 12.1 Å². The van der Waals surface area contributed by atoms with Crippen molar-refractivity contribution in [3.05, 3.63) is 72.4 Å². The minimum absolute atomic E-state index is 0.114. The average molecular weight is 427 g/mol. The largest absolute Gasteiger partial charge is 0.493 e. The van der Waals surface area contributed by atoms with Gasteiger partial charge in [-0.05, 0) is 42.5 Å². The van der Waals surface area contributed by atoms with E-state index < -0.39 is 10.0 Å². The zero-order valence-electron chi connectivity index (χ0n) is 16.7. The van der Waals surface area contributed by atoms with Crippen molar-refractivity contribution >= 4 is 21.6 Å². The van der Waals surface area contributed by atoms with E-state index in [1.54, 1.807) is 31.4 Å². The number of hydrogen-bond acceptors (Lipinski definition) is 6. The third kappa shape index (κ3) is 4.76. The van der Waals surface area contributed by atoms with Crippen LogP contribution in [0.3, 0.4) is 0 Å². The van der Waals surface area contributed by atoms with Crippen LogP contribution in [0.25, 0.3) is 0 Å². The number of amides is 1. The smallest absolute Gasteiger partial charge is 0.255 e. The average Bonchev–Trinajstić information content (AvgIpc) is 2.75. The summed E-state index contributed by atoms with van der Waals surface area (Å²) < 4.78 is 36.3. The number of benzene rings is 2. The van der Waals surface area contributed by atoms with Crippen molar-refractivity contribution in [2.75, 3.05) is 26.5 Å². The van der Waals surface area contributed by atoms with E-state index >= 15 is 0 Å². The number of aromatic nitrogens is 1. The molecule has 1 N–H and O–H groups in total. The van der Waals surface area contributed by atoms with Crippen molar-refractivity contribution in [3.8, 4) is 17.4 Å². The zero-order valence-corrected chi connectivity index (χ0v) is 17.5. The Morgan fingerprint density at radius 1 is 0.967 bits per heavy atom. The first-order chi connectivity index (χ1) is 14.3. The predicted octanol–water partition coefficient (Wildman–Crippen LogP) is 3.39. The van der Waals surface area contributed by atoms with E-state index in [1.165, 1.54) is 44.6 Å². The van der Waals surface area contributed by atoms with Gasteiger partial charge in [-0.15, -0.1) is 0 Å². The Kier molecular flexibility index (Phi) is 6.34. The van der Waals surface area contributed by atoms with Gasteiger partial charge in [0.1, 0.15) is 0 Å². The molecule has 1 heterocycles. The molecule has 30 heavy (non-hydrogen) atoms. The molecule has 1 aromatic heterocycles. The first-order valence-corrected chi connectivity index (χ1v) is 10.4. The van der Waals surface area contributed by atoms with Crippen LogP contribution in [0.5, 0.6) is 17.4 Å². The van der Waals surface area contributed by atoms with Crippen molar-refractivity contribution in [1.29, 1.82) is 0 Å². The summed E-state index contributed by atoms with van der Waals surface area (Å²) in [6, 6.07) is 16.2. The van der Waals surface area contributed by atoms with Crippen molar-refractivity contribution in [2.45, 2.75) is 4.90 Å². The summed E-state index contributed by atoms with van der Waals surface area (Å²) in [6.07, 6.45) is 1.47. The SMILES string of the molecule is COc1ccccc1Oc1ccc(NC(=O)c2ccc(S(=O)(=O)N(C)C)cc2)cn1. The van der Waals surface area contributed by atoms with E-state index in [0.29, 0.717) is 28.6 Å². The van der Waals surface area contributed by atoms with Gasteiger partial charge in [-0.2, -0.15) is 0 Å². The fraction of sp³-hybridized carbons (Fsp3) is 0.143. The first-order valence-electron chi connectivity index (χ1n) is 8.92. The number of nitrogens with one attached hydrogen (secondary N) is 1. The van der Waals surface area contributed by atoms with Crippen LogP contribution in [0.4, 0.5) is 5.69 Å². The molecule has 0 fully saturated rings. The van der Waals surface area contributed by atoms with Crippen molar-refractivity contribution < 1.29 is 22.7 Å². The van der Waals surface area contributed by atoms with Crippen LogP contribution in [-0.2, 0) is 10.0 Å². The molecule has 0 saturated carbocycles. The maximum absolute atomic E-state index is 12.4. The fourth-order valence-electron chi connectivity index (χ4n) is 2.52. The number of carbonyl (C=O) groups is 1. The Labute approximate surface area is 175 Å². The minimum atomic E-state index is -3.55. The second kappa shape index (κ2) is 8.93. The number of ether oxygens (including phenoxy) is 2. The van der Waals surface area contributed by atoms with E-state index in [9.17, 15) is 13.2 Å². The lowest BCUT2D eigenvalue weighted by Gasteiger charge is -2.12. The molecule has 3 aromatic rings. The molecule has 0 saturated heterocycles. The van der Waals surface area contributed by atoms with Gasteiger partial charge in [0.2, 0.25) is 15.9 Å². The van der Waals surface area contributed by atoms with Gasteiger partial charge in [-0.25, -0.2) is 17.7 Å². The molecule has 3 rings (SSSR count). The van der Waals surface area contributed by atoms with Crippen molar-refractivity contribution in [1.82, 2.24) is 9.29 Å². The highest BCUT2D eigenvalue weighted by Gasteiger charge is 2.17. The fourth-order valence-corrected chi connectivity index (χ4v) is 3.42. The number of sulfonamides is 1. The highest BCUT2D eigenvalue weighted by Crippen LogP contribution is 2.30. The van der Waals surface area contributed by atoms with Gasteiger partial charge in [0.05, 0.1) is 23.9 Å². The van der Waals surface area contributed by atoms with Gasteiger partial charge < -0.3 is 14.8 Å². The number of para-hydroxylation sites is 2. The van der Waals surface area contributed by atoms with Gasteiger partial charge in [0.25, 0.3) is 5.91 Å². The van der Waals surface area contributed by atoms with E-state index in [-0.39, 0.29) is 10.8 Å². The van der Waals surface area contributed by atoms with Crippen molar-refractivity contribution in [3.63, 3.8) is 0 Å². The quantitative estimate of drug-likeness (QED) is 0.621. The molecule has 0 radical (unpaired) electrons. The summed E-state index contributed by atoms with van der Waals surface area (Å²) in [6.45, 7) is 0. The maximum atomic E-state index is 12.4. The Morgan fingerprint density at radius 2 is 1.63 bits per heavy atom. The van der Waals surface area contributed by atoms with Gasteiger partial charge in [-0.3, -0.25) is 4.79 Å². The second-order valence-electron chi connectivity index (χ2n) is 6.40. The number of methoxy groups -OCH3 is 1. The molecule has 0 atom stereocenters. The Morgan fingerprint density at radius 3 is 2.20 bits per heavy atom. The van der Waals surface area contributed by atoms with Crippen LogP contribution in [0, 0.1) is 0 Å². The van der Waals surface area contributed by atoms with Crippen LogP contribution in [0.15, 0.2) is 71.8 Å². The van der Waals surface area contributed by atoms with Gasteiger partial charge in [0, 0.05) is 25.7 Å². The van der Waals surface area contributed by atoms with E-state index in [4.69, 9.17) is 9.47 Å². The number of pyridine rings is 1. The second-order valence-corrected chi connectivity index (χ2v) is 8.56. The summed E-state index contributed by atoms with van der Waals surface area (Å²) in [5.41, 5.74) is 0.791. The number of nitrogens with zero attached hydrogens (tertiary/aromatic N) is 2. The lowest BCUT2D eigenvalue weighted by atomic mass is 10.2. The third-order valence-electron chi connectivity index (χ3n) is 4.17. The standard InChI is InChI=1S/C21H21N3O5S/c1-24(2)30(26,27)17-11-8-15(9-12-17)21(25)23-16-10-13-20(22-14-16)29-19-7-5-4-6-18(19)28-3/h4-14H,1-3H3,(H,23,25). The number of hydrogen-bond donors (Lipinski definition) is 1. The summed E-state index contributed by atoms with van der Waals surface area (Å²) >= 11 is 0. The maximum Gasteiger partial charge on any atom is 0.255 e. The van der Waals surface area contributed by atoms with Crippen LogP contribution in [-0.4, -0.2) is 44.8 Å². The molecular weight excluding hydrogens is 406 g/mol. The highest BCUT2D eigenvalue weighted by molar-refractivity contribution is 7.89. The summed E-state index contributed by atoms with van der Waals surface area (Å²) in [5, 5.41) is 2.71. The van der Waals surface area contributed by atoms with Gasteiger partial charge >= 0.3 is 0 Å². The Bertz CT molecular complexity index is 1130. The number of rotatable bonds is 7. The highest BCUT2D eigenvalue weighted by atomic mass is 32.2. The number of anilines is 1. The van der Waals surface area contributed by atoms with Gasteiger partial charge in [0.15, 0.2) is 11.5 Å². The van der Waals surface area contributed by atoms with E-state index in [2.05, 4.69) is 10.3 Å². The molecule has 156 valence electrons. The third-order valence-corrected chi connectivity index (χ3v) is 6.00. The minimum Gasteiger partial charge on any atom is -0.493 e. The molecule has 0 spiro atoms. The predicted molar refractivity (Wildman–Crippen MR) is 113 cm³/mol. The summed E-state index contributed by atoms with van der Waals surface area (Å²) in [5.74, 6) is 1.06. The topological polar surface area (TPSA) is 97.8 Å². The summed E-state index contributed by atoms with van der Waals surface area (Å²) in [4.78, 5) is 16.7. The van der Waals surface area contributed by atoms with Crippen LogP contribution in [0.1, 0.15) is 10.4 Å². The molecule has 9 heteroatoms. The molecule has 2 aromatic carbocycles. The molecule has 0 aliphatic heterocycles. The Balaban J connectivity index is 1.67. The molecule has 1 amide bonds. The molecule has 0 unspecified atom stereocenters. The normalized spacial score (nSPS) is 11.2. The molecule has 0 aliphatic rings. The van der Waals surface area contributed by atoms with Crippen LogP contribution < -0.4 is 14.8 Å². The molecule has 8 nitrogen and oxygen atoms in total. The van der Waals surface area contributed by atoms with E-state index in [0.717, 1.165) is 4.31 Å². The molecular formula is C21H21N3O5S. The molecule has 0 aliphatic carbocycles.